The Bertz CT molecular complexity index is 200. The molecule has 0 aromatic rings. The van der Waals surface area contributed by atoms with Crippen LogP contribution >= 0.6 is 0 Å². The van der Waals surface area contributed by atoms with E-state index in [1.54, 1.807) is 0 Å². The van der Waals surface area contributed by atoms with E-state index in [4.69, 9.17) is 9.47 Å². The Labute approximate surface area is 91.8 Å². The van der Waals surface area contributed by atoms with Gasteiger partial charge in [-0.15, -0.1) is 0 Å². The zero-order valence-electron chi connectivity index (χ0n) is 9.28. The van der Waals surface area contributed by atoms with Gasteiger partial charge in [0, 0.05) is 19.7 Å². The second-order valence-electron chi connectivity index (χ2n) is 4.45. The maximum Gasteiger partial charge on any atom is 0.110 e. The fourth-order valence-electron chi connectivity index (χ4n) is 2.15. The fraction of sp³-hybridized carbons (Fsp3) is 0.833. The summed E-state index contributed by atoms with van der Waals surface area (Å²) >= 11 is 0. The van der Waals surface area contributed by atoms with Gasteiger partial charge in [-0.3, -0.25) is 0 Å². The molecule has 1 N–H and O–H groups in total. The summed E-state index contributed by atoms with van der Waals surface area (Å²) in [6, 6.07) is 0. The zero-order chi connectivity index (χ0) is 10.3. The van der Waals surface area contributed by atoms with E-state index >= 15 is 0 Å². The van der Waals surface area contributed by atoms with Crippen molar-refractivity contribution in [3.8, 4) is 0 Å². The Morgan fingerprint density at radius 2 is 2.27 bits per heavy atom. The van der Waals surface area contributed by atoms with Gasteiger partial charge in [0.2, 0.25) is 0 Å². The average molecular weight is 211 g/mol. The molecule has 0 radical (unpaired) electrons. The number of rotatable bonds is 4. The molecule has 0 bridgehead atoms. The predicted molar refractivity (Wildman–Crippen MR) is 59.7 cm³/mol. The minimum absolute atomic E-state index is 0.375. The van der Waals surface area contributed by atoms with Crippen molar-refractivity contribution in [2.75, 3.05) is 26.3 Å². The van der Waals surface area contributed by atoms with Crippen molar-refractivity contribution in [1.82, 2.24) is 5.32 Å². The van der Waals surface area contributed by atoms with Crippen LogP contribution in [0.15, 0.2) is 12.3 Å². The summed E-state index contributed by atoms with van der Waals surface area (Å²) in [6.45, 7) is 3.93. The van der Waals surface area contributed by atoms with E-state index in [0.29, 0.717) is 12.0 Å². The van der Waals surface area contributed by atoms with Gasteiger partial charge in [-0.25, -0.2) is 0 Å². The van der Waals surface area contributed by atoms with Gasteiger partial charge < -0.3 is 14.8 Å². The van der Waals surface area contributed by atoms with Crippen LogP contribution in [0.25, 0.3) is 0 Å². The van der Waals surface area contributed by atoms with E-state index in [2.05, 4.69) is 11.4 Å². The first kappa shape index (κ1) is 11.0. The largest absolute Gasteiger partial charge is 0.497 e. The summed E-state index contributed by atoms with van der Waals surface area (Å²) in [7, 11) is 0. The van der Waals surface area contributed by atoms with E-state index in [0.717, 1.165) is 39.1 Å². The molecule has 2 unspecified atom stereocenters. The normalized spacial score (nSPS) is 31.2. The Kier molecular flexibility index (Phi) is 4.48. The van der Waals surface area contributed by atoms with E-state index in [1.165, 1.54) is 12.8 Å². The Balaban J connectivity index is 1.55. The first-order valence-electron chi connectivity index (χ1n) is 6.04. The van der Waals surface area contributed by atoms with Gasteiger partial charge in [0.1, 0.15) is 6.10 Å². The molecular formula is C12H21NO2. The minimum Gasteiger partial charge on any atom is -0.497 e. The molecular weight excluding hydrogens is 190 g/mol. The molecule has 1 fully saturated rings. The van der Waals surface area contributed by atoms with Gasteiger partial charge in [-0.1, -0.05) is 0 Å². The van der Waals surface area contributed by atoms with Crippen LogP contribution in [0.2, 0.25) is 0 Å². The predicted octanol–water partition coefficient (Wildman–Crippen LogP) is 1.70. The zero-order valence-corrected chi connectivity index (χ0v) is 9.28. The van der Waals surface area contributed by atoms with Gasteiger partial charge >= 0.3 is 0 Å². The molecule has 3 nitrogen and oxygen atoms in total. The summed E-state index contributed by atoms with van der Waals surface area (Å²) in [5, 5.41) is 3.49. The number of hydrogen-bond acceptors (Lipinski definition) is 3. The molecule has 2 rings (SSSR count). The van der Waals surface area contributed by atoms with Gasteiger partial charge in [0.25, 0.3) is 0 Å². The highest BCUT2D eigenvalue weighted by Crippen LogP contribution is 2.13. The molecule has 0 aromatic carbocycles. The molecule has 2 atom stereocenters. The van der Waals surface area contributed by atoms with Crippen LogP contribution in [0.1, 0.15) is 25.7 Å². The first-order chi connectivity index (χ1) is 7.45. The van der Waals surface area contributed by atoms with Crippen LogP contribution in [0.3, 0.4) is 0 Å². The van der Waals surface area contributed by atoms with Crippen LogP contribution in [-0.4, -0.2) is 32.4 Å². The number of nitrogens with one attached hydrogen (secondary N) is 1. The molecule has 2 aliphatic heterocycles. The van der Waals surface area contributed by atoms with Gasteiger partial charge in [0.15, 0.2) is 0 Å². The van der Waals surface area contributed by atoms with Crippen molar-refractivity contribution in [3.05, 3.63) is 12.3 Å². The quantitative estimate of drug-likeness (QED) is 0.767. The van der Waals surface area contributed by atoms with E-state index in [9.17, 15) is 0 Å². The van der Waals surface area contributed by atoms with Crippen LogP contribution in [0.5, 0.6) is 0 Å². The van der Waals surface area contributed by atoms with Crippen molar-refractivity contribution in [1.29, 1.82) is 0 Å². The molecule has 0 aromatic heterocycles. The molecule has 2 aliphatic rings. The molecule has 0 spiro atoms. The smallest absolute Gasteiger partial charge is 0.110 e. The lowest BCUT2D eigenvalue weighted by atomic mass is 10.0. The molecule has 0 aliphatic carbocycles. The molecule has 86 valence electrons. The summed E-state index contributed by atoms with van der Waals surface area (Å²) in [5.41, 5.74) is 0. The molecule has 1 saturated heterocycles. The third kappa shape index (κ3) is 3.84. The van der Waals surface area contributed by atoms with Gasteiger partial charge in [-0.05, 0) is 37.7 Å². The van der Waals surface area contributed by atoms with Crippen LogP contribution in [0, 0.1) is 5.92 Å². The second-order valence-corrected chi connectivity index (χ2v) is 4.45. The van der Waals surface area contributed by atoms with E-state index < -0.39 is 0 Å². The number of hydrogen-bond donors (Lipinski definition) is 1. The molecule has 2 heterocycles. The SMILES string of the molecule is C1=COC(CNCC2CCCOC2)CC1. The van der Waals surface area contributed by atoms with E-state index in [-0.39, 0.29) is 0 Å². The Morgan fingerprint density at radius 1 is 1.27 bits per heavy atom. The highest BCUT2D eigenvalue weighted by Gasteiger charge is 2.15. The third-order valence-electron chi connectivity index (χ3n) is 3.08. The molecule has 0 saturated carbocycles. The maximum absolute atomic E-state index is 5.49. The third-order valence-corrected chi connectivity index (χ3v) is 3.08. The summed E-state index contributed by atoms with van der Waals surface area (Å²) in [5.74, 6) is 0.706. The lowest BCUT2D eigenvalue weighted by molar-refractivity contribution is 0.0522. The monoisotopic (exact) mass is 211 g/mol. The highest BCUT2D eigenvalue weighted by molar-refractivity contribution is 4.83. The number of allylic oxidation sites excluding steroid dienone is 1. The highest BCUT2D eigenvalue weighted by atomic mass is 16.5. The van der Waals surface area contributed by atoms with Crippen molar-refractivity contribution in [2.24, 2.45) is 5.92 Å². The fourth-order valence-corrected chi connectivity index (χ4v) is 2.15. The molecule has 3 heteroatoms. The second kappa shape index (κ2) is 6.13. The van der Waals surface area contributed by atoms with Crippen LogP contribution in [0.4, 0.5) is 0 Å². The summed E-state index contributed by atoms with van der Waals surface area (Å²) in [4.78, 5) is 0. The standard InChI is InChI=1S/C12H21NO2/c1-2-7-15-12(5-1)9-13-8-11-4-3-6-14-10-11/h2,7,11-13H,1,3-6,8-10H2. The average Bonchev–Trinajstić information content (AvgIpc) is 2.32. The van der Waals surface area contributed by atoms with Crippen molar-refractivity contribution >= 4 is 0 Å². The Morgan fingerprint density at radius 3 is 3.00 bits per heavy atom. The topological polar surface area (TPSA) is 30.5 Å². The van der Waals surface area contributed by atoms with Crippen molar-refractivity contribution in [2.45, 2.75) is 31.8 Å². The van der Waals surface area contributed by atoms with Crippen molar-refractivity contribution in [3.63, 3.8) is 0 Å². The van der Waals surface area contributed by atoms with Gasteiger partial charge in [0.05, 0.1) is 12.9 Å². The van der Waals surface area contributed by atoms with Crippen LogP contribution in [-0.2, 0) is 9.47 Å². The maximum atomic E-state index is 5.49. The molecule has 15 heavy (non-hydrogen) atoms. The van der Waals surface area contributed by atoms with Gasteiger partial charge in [-0.2, -0.15) is 0 Å². The molecule has 0 amide bonds. The first-order valence-corrected chi connectivity index (χ1v) is 6.04. The minimum atomic E-state index is 0.375. The van der Waals surface area contributed by atoms with E-state index in [1.807, 2.05) is 6.26 Å². The summed E-state index contributed by atoms with van der Waals surface area (Å²) in [6.07, 6.45) is 9.11. The van der Waals surface area contributed by atoms with Crippen molar-refractivity contribution < 1.29 is 9.47 Å². The lowest BCUT2D eigenvalue weighted by Crippen LogP contribution is -2.35. The summed E-state index contributed by atoms with van der Waals surface area (Å²) < 4.78 is 10.9. The lowest BCUT2D eigenvalue weighted by Gasteiger charge is -2.24. The Hall–Kier alpha value is -0.540. The number of ether oxygens (including phenoxy) is 2. The van der Waals surface area contributed by atoms with Crippen LogP contribution < -0.4 is 5.32 Å².